The van der Waals surface area contributed by atoms with Gasteiger partial charge in [-0.25, -0.2) is 4.79 Å². The first-order chi connectivity index (χ1) is 7.64. The molecule has 0 aromatic carbocycles. The Morgan fingerprint density at radius 1 is 1.31 bits per heavy atom. The van der Waals surface area contributed by atoms with Crippen LogP contribution in [0.2, 0.25) is 0 Å². The van der Waals surface area contributed by atoms with Crippen LogP contribution in [-0.2, 0) is 4.74 Å². The van der Waals surface area contributed by atoms with Crippen molar-refractivity contribution in [2.75, 3.05) is 39.4 Å². The van der Waals surface area contributed by atoms with E-state index in [1.807, 2.05) is 6.92 Å². The molecule has 0 atom stereocenters. The zero-order chi connectivity index (χ0) is 11.6. The van der Waals surface area contributed by atoms with Crippen LogP contribution in [-0.4, -0.2) is 65.9 Å². The van der Waals surface area contributed by atoms with Crippen molar-refractivity contribution in [3.05, 3.63) is 0 Å². The van der Waals surface area contributed by atoms with E-state index >= 15 is 0 Å². The summed E-state index contributed by atoms with van der Waals surface area (Å²) in [6.45, 7) is 5.60. The predicted octanol–water partition coefficient (Wildman–Crippen LogP) is 0.285. The molecule has 5 nitrogen and oxygen atoms in total. The highest BCUT2D eigenvalue weighted by Crippen LogP contribution is 2.26. The van der Waals surface area contributed by atoms with Crippen LogP contribution in [0.25, 0.3) is 0 Å². The van der Waals surface area contributed by atoms with Gasteiger partial charge in [-0.05, 0) is 6.42 Å². The smallest absolute Gasteiger partial charge is 0.320 e. The predicted molar refractivity (Wildman–Crippen MR) is 59.2 cm³/mol. The average molecular weight is 228 g/mol. The summed E-state index contributed by atoms with van der Waals surface area (Å²) < 4.78 is 5.20. The summed E-state index contributed by atoms with van der Waals surface area (Å²) >= 11 is 0. The number of likely N-dealkylation sites (tertiary alicyclic amines) is 1. The largest absolute Gasteiger partial charge is 0.386 e. The fourth-order valence-electron chi connectivity index (χ4n) is 2.38. The fourth-order valence-corrected chi connectivity index (χ4v) is 2.38. The van der Waals surface area contributed by atoms with Gasteiger partial charge in [0.1, 0.15) is 0 Å². The Morgan fingerprint density at radius 3 is 2.50 bits per heavy atom. The first kappa shape index (κ1) is 11.7. The van der Waals surface area contributed by atoms with Gasteiger partial charge < -0.3 is 19.6 Å². The van der Waals surface area contributed by atoms with E-state index in [2.05, 4.69) is 0 Å². The number of urea groups is 1. The minimum absolute atomic E-state index is 0.0454. The van der Waals surface area contributed by atoms with Crippen LogP contribution in [0.3, 0.4) is 0 Å². The van der Waals surface area contributed by atoms with Crippen LogP contribution < -0.4 is 0 Å². The molecular formula is C11H20N2O3. The molecule has 0 aromatic heterocycles. The third kappa shape index (κ3) is 2.30. The molecule has 2 rings (SSSR count). The molecule has 0 unspecified atom stereocenters. The molecule has 0 saturated carbocycles. The molecule has 2 saturated heterocycles. The fraction of sp³-hybridized carbons (Fsp3) is 0.909. The number of aliphatic hydroxyl groups is 1. The van der Waals surface area contributed by atoms with Crippen LogP contribution in [0.15, 0.2) is 0 Å². The molecule has 2 fully saturated rings. The zero-order valence-corrected chi connectivity index (χ0v) is 9.81. The lowest BCUT2D eigenvalue weighted by Gasteiger charge is -2.48. The van der Waals surface area contributed by atoms with E-state index in [-0.39, 0.29) is 6.03 Å². The summed E-state index contributed by atoms with van der Waals surface area (Å²) in [5, 5.41) is 9.99. The average Bonchev–Trinajstić information content (AvgIpc) is 2.26. The Balaban J connectivity index is 1.80. The second kappa shape index (κ2) is 4.59. The van der Waals surface area contributed by atoms with Crippen LogP contribution >= 0.6 is 0 Å². The van der Waals surface area contributed by atoms with E-state index < -0.39 is 5.60 Å². The van der Waals surface area contributed by atoms with E-state index in [0.717, 1.165) is 12.8 Å². The summed E-state index contributed by atoms with van der Waals surface area (Å²) in [6.07, 6.45) is 1.73. The maximum atomic E-state index is 12.0. The lowest BCUT2D eigenvalue weighted by molar-refractivity contribution is -0.0892. The van der Waals surface area contributed by atoms with Crippen LogP contribution in [0.4, 0.5) is 4.79 Å². The SMILES string of the molecule is CCCC1(O)CN(C(=O)N2CCOCC2)C1. The van der Waals surface area contributed by atoms with Gasteiger partial charge in [-0.15, -0.1) is 0 Å². The molecule has 2 heterocycles. The minimum atomic E-state index is -0.628. The topological polar surface area (TPSA) is 53.0 Å². The van der Waals surface area contributed by atoms with Gasteiger partial charge in [0.05, 0.1) is 31.9 Å². The molecule has 2 aliphatic rings. The molecule has 92 valence electrons. The lowest BCUT2D eigenvalue weighted by Crippen LogP contribution is -2.66. The quantitative estimate of drug-likeness (QED) is 0.739. The maximum absolute atomic E-state index is 12.0. The van der Waals surface area contributed by atoms with Crippen molar-refractivity contribution < 1.29 is 14.6 Å². The number of carbonyl (C=O) groups excluding carboxylic acids is 1. The van der Waals surface area contributed by atoms with Crippen LogP contribution in [0, 0.1) is 0 Å². The normalized spacial score (nSPS) is 24.1. The number of amides is 2. The molecule has 0 spiro atoms. The molecule has 1 N–H and O–H groups in total. The van der Waals surface area contributed by atoms with Crippen molar-refractivity contribution in [2.24, 2.45) is 0 Å². The van der Waals surface area contributed by atoms with Crippen molar-refractivity contribution in [1.82, 2.24) is 9.80 Å². The molecule has 2 amide bonds. The Labute approximate surface area is 96.0 Å². The Bertz CT molecular complexity index is 258. The first-order valence-corrected chi connectivity index (χ1v) is 5.98. The van der Waals surface area contributed by atoms with Crippen molar-refractivity contribution in [2.45, 2.75) is 25.4 Å². The third-order valence-corrected chi connectivity index (χ3v) is 3.24. The van der Waals surface area contributed by atoms with Crippen molar-refractivity contribution in [3.63, 3.8) is 0 Å². The zero-order valence-electron chi connectivity index (χ0n) is 9.81. The monoisotopic (exact) mass is 228 g/mol. The van der Waals surface area contributed by atoms with E-state index in [9.17, 15) is 9.90 Å². The Kier molecular flexibility index (Phi) is 3.35. The van der Waals surface area contributed by atoms with E-state index in [1.54, 1.807) is 9.80 Å². The third-order valence-electron chi connectivity index (χ3n) is 3.24. The molecule has 0 aromatic rings. The van der Waals surface area contributed by atoms with Gasteiger partial charge in [-0.3, -0.25) is 0 Å². The van der Waals surface area contributed by atoms with Gasteiger partial charge >= 0.3 is 6.03 Å². The van der Waals surface area contributed by atoms with Crippen molar-refractivity contribution >= 4 is 6.03 Å². The van der Waals surface area contributed by atoms with Gasteiger partial charge in [-0.2, -0.15) is 0 Å². The van der Waals surface area contributed by atoms with Gasteiger partial charge in [-0.1, -0.05) is 13.3 Å². The van der Waals surface area contributed by atoms with Crippen LogP contribution in [0.5, 0.6) is 0 Å². The van der Waals surface area contributed by atoms with Gasteiger partial charge in [0.2, 0.25) is 0 Å². The minimum Gasteiger partial charge on any atom is -0.386 e. The van der Waals surface area contributed by atoms with Crippen molar-refractivity contribution in [1.29, 1.82) is 0 Å². The molecule has 0 aliphatic carbocycles. The number of ether oxygens (including phenoxy) is 1. The molecule has 2 aliphatic heterocycles. The first-order valence-electron chi connectivity index (χ1n) is 5.98. The van der Waals surface area contributed by atoms with Crippen LogP contribution in [0.1, 0.15) is 19.8 Å². The number of hydrogen-bond acceptors (Lipinski definition) is 3. The van der Waals surface area contributed by atoms with E-state index in [4.69, 9.17) is 4.74 Å². The highest BCUT2D eigenvalue weighted by molar-refractivity contribution is 5.75. The number of rotatable bonds is 2. The molecule has 0 bridgehead atoms. The Hall–Kier alpha value is -0.810. The molecule has 0 radical (unpaired) electrons. The second-order valence-electron chi connectivity index (χ2n) is 4.71. The lowest BCUT2D eigenvalue weighted by atomic mass is 9.90. The molecular weight excluding hydrogens is 208 g/mol. The van der Waals surface area contributed by atoms with E-state index in [1.165, 1.54) is 0 Å². The number of nitrogens with zero attached hydrogens (tertiary/aromatic N) is 2. The van der Waals surface area contributed by atoms with Gasteiger partial charge in [0.25, 0.3) is 0 Å². The Morgan fingerprint density at radius 2 is 1.94 bits per heavy atom. The summed E-state index contributed by atoms with van der Waals surface area (Å²) in [7, 11) is 0. The number of β-amino-alcohol motifs (C(OH)–C–C–N with tert-alkyl or cyclic N) is 1. The standard InChI is InChI=1S/C11H20N2O3/c1-2-3-11(15)8-13(9-11)10(14)12-4-6-16-7-5-12/h15H,2-9H2,1H3. The van der Waals surface area contributed by atoms with Gasteiger partial charge in [0, 0.05) is 13.1 Å². The maximum Gasteiger partial charge on any atom is 0.320 e. The van der Waals surface area contributed by atoms with Gasteiger partial charge in [0.15, 0.2) is 0 Å². The summed E-state index contributed by atoms with van der Waals surface area (Å²) in [5.41, 5.74) is -0.628. The van der Waals surface area contributed by atoms with E-state index in [0.29, 0.717) is 39.4 Å². The molecule has 16 heavy (non-hydrogen) atoms. The number of carbonyl (C=O) groups is 1. The summed E-state index contributed by atoms with van der Waals surface area (Å²) in [4.78, 5) is 15.5. The summed E-state index contributed by atoms with van der Waals surface area (Å²) in [6, 6.07) is 0.0454. The number of hydrogen-bond donors (Lipinski definition) is 1. The number of morpholine rings is 1. The highest BCUT2D eigenvalue weighted by Gasteiger charge is 2.44. The summed E-state index contributed by atoms with van der Waals surface area (Å²) in [5.74, 6) is 0. The second-order valence-corrected chi connectivity index (χ2v) is 4.71. The van der Waals surface area contributed by atoms with Crippen molar-refractivity contribution in [3.8, 4) is 0 Å². The molecule has 5 heteroatoms. The highest BCUT2D eigenvalue weighted by atomic mass is 16.5.